The van der Waals surface area contributed by atoms with E-state index in [0.717, 1.165) is 39.6 Å². The molecule has 5 nitrogen and oxygen atoms in total. The number of urea groups is 1. The fraction of sp³-hybridized carbons (Fsp3) is 0.345. The van der Waals surface area contributed by atoms with Crippen LogP contribution in [0, 0.1) is 0 Å². The molecule has 0 radical (unpaired) electrons. The summed E-state index contributed by atoms with van der Waals surface area (Å²) < 4.78 is 10.9. The van der Waals surface area contributed by atoms with Gasteiger partial charge in [0.05, 0.1) is 20.3 Å². The molecule has 0 aliphatic carbocycles. The Hall–Kier alpha value is -3.47. The SMILES string of the molecule is CCOc1ccc(N(Cc2ccc(OC)cc2)C(=O)Nc2c(C(C)C)cccc2C(C)C)cc1. The molecule has 0 fully saturated rings. The van der Waals surface area contributed by atoms with E-state index in [4.69, 9.17) is 9.47 Å². The zero-order chi connectivity index (χ0) is 24.7. The van der Waals surface area contributed by atoms with Gasteiger partial charge in [0.2, 0.25) is 0 Å². The molecule has 0 saturated heterocycles. The van der Waals surface area contributed by atoms with Crippen molar-refractivity contribution in [1.29, 1.82) is 0 Å². The Morgan fingerprint density at radius 3 is 1.91 bits per heavy atom. The number of methoxy groups -OCH3 is 1. The van der Waals surface area contributed by atoms with Crippen molar-refractivity contribution >= 4 is 17.4 Å². The lowest BCUT2D eigenvalue weighted by atomic mass is 9.93. The number of benzene rings is 3. The van der Waals surface area contributed by atoms with Crippen LogP contribution in [0.4, 0.5) is 16.2 Å². The van der Waals surface area contributed by atoms with Crippen LogP contribution in [-0.4, -0.2) is 19.7 Å². The quantitative estimate of drug-likeness (QED) is 0.358. The van der Waals surface area contributed by atoms with Crippen molar-refractivity contribution in [2.45, 2.75) is 53.0 Å². The third-order valence-electron chi connectivity index (χ3n) is 5.81. The summed E-state index contributed by atoms with van der Waals surface area (Å²) in [5, 5.41) is 3.25. The van der Waals surface area contributed by atoms with Gasteiger partial charge in [-0.2, -0.15) is 0 Å². The van der Waals surface area contributed by atoms with Gasteiger partial charge in [-0.15, -0.1) is 0 Å². The van der Waals surface area contributed by atoms with Crippen LogP contribution < -0.4 is 19.7 Å². The topological polar surface area (TPSA) is 50.8 Å². The van der Waals surface area contributed by atoms with Crippen molar-refractivity contribution in [1.82, 2.24) is 0 Å². The highest BCUT2D eigenvalue weighted by atomic mass is 16.5. The smallest absolute Gasteiger partial charge is 0.326 e. The largest absolute Gasteiger partial charge is 0.497 e. The summed E-state index contributed by atoms with van der Waals surface area (Å²) in [5.41, 5.74) is 4.98. The Bertz CT molecular complexity index is 1050. The molecule has 0 spiro atoms. The Morgan fingerprint density at radius 1 is 0.853 bits per heavy atom. The van der Waals surface area contributed by atoms with Gasteiger partial charge < -0.3 is 14.8 Å². The van der Waals surface area contributed by atoms with Crippen molar-refractivity contribution in [3.8, 4) is 11.5 Å². The highest BCUT2D eigenvalue weighted by Gasteiger charge is 2.21. The number of rotatable bonds is 9. The van der Waals surface area contributed by atoms with Crippen LogP contribution in [0.2, 0.25) is 0 Å². The number of amides is 2. The van der Waals surface area contributed by atoms with Crippen LogP contribution in [0.5, 0.6) is 11.5 Å². The maximum atomic E-state index is 13.8. The number of hydrogen-bond acceptors (Lipinski definition) is 3. The minimum atomic E-state index is -0.171. The highest BCUT2D eigenvalue weighted by Crippen LogP contribution is 2.33. The average Bonchev–Trinajstić information content (AvgIpc) is 2.83. The van der Waals surface area contributed by atoms with E-state index in [9.17, 15) is 4.79 Å². The van der Waals surface area contributed by atoms with Crippen molar-refractivity contribution in [3.05, 3.63) is 83.4 Å². The van der Waals surface area contributed by atoms with Crippen molar-refractivity contribution < 1.29 is 14.3 Å². The molecule has 0 unspecified atom stereocenters. The van der Waals surface area contributed by atoms with Gasteiger partial charge in [0.25, 0.3) is 0 Å². The first-order valence-corrected chi connectivity index (χ1v) is 11.9. The number of para-hydroxylation sites is 1. The number of nitrogens with zero attached hydrogens (tertiary/aromatic N) is 1. The first kappa shape index (κ1) is 25.2. The predicted octanol–water partition coefficient (Wildman–Crippen LogP) is 7.58. The number of carbonyl (C=O) groups is 1. The first-order chi connectivity index (χ1) is 16.3. The number of nitrogens with one attached hydrogen (secondary N) is 1. The zero-order valence-electron chi connectivity index (χ0n) is 21.1. The molecule has 0 aliphatic rings. The molecule has 0 heterocycles. The van der Waals surface area contributed by atoms with Crippen LogP contribution in [-0.2, 0) is 6.54 Å². The Morgan fingerprint density at radius 2 is 1.41 bits per heavy atom. The van der Waals surface area contributed by atoms with Gasteiger partial charge in [-0.3, -0.25) is 4.90 Å². The fourth-order valence-electron chi connectivity index (χ4n) is 3.95. The van der Waals surface area contributed by atoms with E-state index >= 15 is 0 Å². The van der Waals surface area contributed by atoms with Crippen LogP contribution in [0.15, 0.2) is 66.7 Å². The van der Waals surface area contributed by atoms with E-state index in [1.165, 1.54) is 0 Å². The lowest BCUT2D eigenvalue weighted by Gasteiger charge is -2.26. The standard InChI is InChI=1S/C29H36N2O3/c1-7-34-25-17-13-23(14-18-25)31(19-22-11-15-24(33-6)16-12-22)29(32)30-28-26(20(2)3)9-8-10-27(28)21(4)5/h8-18,20-21H,7,19H2,1-6H3,(H,30,32). The number of anilines is 2. The molecule has 2 amide bonds. The lowest BCUT2D eigenvalue weighted by Crippen LogP contribution is -2.35. The van der Waals surface area contributed by atoms with Gasteiger partial charge in [-0.25, -0.2) is 4.79 Å². The summed E-state index contributed by atoms with van der Waals surface area (Å²) in [5.74, 6) is 2.14. The predicted molar refractivity (Wildman–Crippen MR) is 140 cm³/mol. The Balaban J connectivity index is 1.98. The Labute approximate surface area is 203 Å². The van der Waals surface area contributed by atoms with E-state index in [1.54, 1.807) is 12.0 Å². The normalized spacial score (nSPS) is 10.9. The summed E-state index contributed by atoms with van der Waals surface area (Å²) in [6.45, 7) is 11.6. The maximum Gasteiger partial charge on any atom is 0.326 e. The molecule has 0 bridgehead atoms. The van der Waals surface area contributed by atoms with Crippen LogP contribution >= 0.6 is 0 Å². The van der Waals surface area contributed by atoms with E-state index in [-0.39, 0.29) is 17.9 Å². The highest BCUT2D eigenvalue weighted by molar-refractivity contribution is 6.02. The minimum absolute atomic E-state index is 0.171. The van der Waals surface area contributed by atoms with Gasteiger partial charge in [-0.1, -0.05) is 58.0 Å². The third kappa shape index (κ3) is 6.10. The van der Waals surface area contributed by atoms with Crippen LogP contribution in [0.25, 0.3) is 0 Å². The number of carbonyl (C=O) groups excluding carboxylic acids is 1. The van der Waals surface area contributed by atoms with Crippen LogP contribution in [0.1, 0.15) is 63.1 Å². The number of hydrogen-bond donors (Lipinski definition) is 1. The van der Waals surface area contributed by atoms with Gasteiger partial charge >= 0.3 is 6.03 Å². The van der Waals surface area contributed by atoms with Crippen molar-refractivity contribution in [2.24, 2.45) is 0 Å². The summed E-state index contributed by atoms with van der Waals surface area (Å²) >= 11 is 0. The molecule has 1 N–H and O–H groups in total. The molecule has 34 heavy (non-hydrogen) atoms. The Kier molecular flexibility index (Phi) is 8.58. The van der Waals surface area contributed by atoms with E-state index < -0.39 is 0 Å². The summed E-state index contributed by atoms with van der Waals surface area (Å²) in [6.07, 6.45) is 0. The van der Waals surface area contributed by atoms with Gasteiger partial charge in [-0.05, 0) is 71.8 Å². The van der Waals surface area contributed by atoms with E-state index in [2.05, 4.69) is 51.2 Å². The fourth-order valence-corrected chi connectivity index (χ4v) is 3.95. The van der Waals surface area contributed by atoms with E-state index in [1.807, 2.05) is 55.5 Å². The number of ether oxygens (including phenoxy) is 2. The third-order valence-corrected chi connectivity index (χ3v) is 5.81. The zero-order valence-corrected chi connectivity index (χ0v) is 21.1. The maximum absolute atomic E-state index is 13.8. The summed E-state index contributed by atoms with van der Waals surface area (Å²) in [7, 11) is 1.65. The molecule has 3 aromatic rings. The molecular weight excluding hydrogens is 424 g/mol. The molecule has 0 aromatic heterocycles. The second-order valence-electron chi connectivity index (χ2n) is 8.91. The minimum Gasteiger partial charge on any atom is -0.497 e. The summed E-state index contributed by atoms with van der Waals surface area (Å²) in [4.78, 5) is 15.5. The summed E-state index contributed by atoms with van der Waals surface area (Å²) in [6, 6.07) is 21.5. The molecular formula is C29H36N2O3. The molecule has 3 rings (SSSR count). The first-order valence-electron chi connectivity index (χ1n) is 11.9. The van der Waals surface area contributed by atoms with E-state index in [0.29, 0.717) is 13.2 Å². The molecule has 0 atom stereocenters. The second-order valence-corrected chi connectivity index (χ2v) is 8.91. The molecule has 3 aromatic carbocycles. The molecule has 5 heteroatoms. The molecule has 0 saturated carbocycles. The molecule has 180 valence electrons. The second kappa shape index (κ2) is 11.6. The lowest BCUT2D eigenvalue weighted by molar-refractivity contribution is 0.256. The van der Waals surface area contributed by atoms with Crippen molar-refractivity contribution in [3.63, 3.8) is 0 Å². The van der Waals surface area contributed by atoms with Gasteiger partial charge in [0, 0.05) is 11.4 Å². The van der Waals surface area contributed by atoms with Gasteiger partial charge in [0.15, 0.2) is 0 Å². The average molecular weight is 461 g/mol. The van der Waals surface area contributed by atoms with Crippen molar-refractivity contribution in [2.75, 3.05) is 23.9 Å². The molecule has 0 aliphatic heterocycles. The van der Waals surface area contributed by atoms with Gasteiger partial charge in [0.1, 0.15) is 11.5 Å². The van der Waals surface area contributed by atoms with Crippen LogP contribution in [0.3, 0.4) is 0 Å². The monoisotopic (exact) mass is 460 g/mol.